The van der Waals surface area contributed by atoms with Crippen molar-refractivity contribution in [2.45, 2.75) is 44.9 Å². The van der Waals surface area contributed by atoms with Crippen molar-refractivity contribution in [3.63, 3.8) is 0 Å². The number of nitrogens with zero attached hydrogens (tertiary/aromatic N) is 4. The summed E-state index contributed by atoms with van der Waals surface area (Å²) in [6, 6.07) is 9.69. The Morgan fingerprint density at radius 2 is 2.12 bits per heavy atom. The van der Waals surface area contributed by atoms with E-state index in [1.165, 1.54) is 12.8 Å². The SMILES string of the molecule is C[C@H](NC[C@H]1CN(c2ccccc2)C(=O)O1)c1nnc2n1CCCC2. The highest BCUT2D eigenvalue weighted by molar-refractivity contribution is 5.89. The molecule has 4 rings (SSSR count). The summed E-state index contributed by atoms with van der Waals surface area (Å²) in [5.41, 5.74) is 0.870. The highest BCUT2D eigenvalue weighted by atomic mass is 16.6. The molecule has 1 amide bonds. The number of aryl methyl sites for hydroxylation is 1. The Balaban J connectivity index is 1.36. The fraction of sp³-hybridized carbons (Fsp3) is 0.500. The smallest absolute Gasteiger partial charge is 0.414 e. The molecular weight excluding hydrogens is 318 g/mol. The van der Waals surface area contributed by atoms with Crippen LogP contribution >= 0.6 is 0 Å². The zero-order valence-corrected chi connectivity index (χ0v) is 14.4. The molecule has 1 saturated heterocycles. The Labute approximate surface area is 147 Å². The van der Waals surface area contributed by atoms with E-state index in [1.807, 2.05) is 30.3 Å². The van der Waals surface area contributed by atoms with E-state index in [0.29, 0.717) is 13.1 Å². The molecule has 1 fully saturated rings. The largest absolute Gasteiger partial charge is 0.443 e. The molecule has 2 aliphatic heterocycles. The molecule has 2 aliphatic rings. The van der Waals surface area contributed by atoms with Gasteiger partial charge in [-0.3, -0.25) is 4.90 Å². The lowest BCUT2D eigenvalue weighted by Crippen LogP contribution is -2.33. The molecule has 3 heterocycles. The summed E-state index contributed by atoms with van der Waals surface area (Å²) in [6.07, 6.45) is 2.92. The molecule has 1 N–H and O–H groups in total. The van der Waals surface area contributed by atoms with Crippen LogP contribution in [0.25, 0.3) is 0 Å². The van der Waals surface area contributed by atoms with Crippen molar-refractivity contribution < 1.29 is 9.53 Å². The van der Waals surface area contributed by atoms with E-state index in [4.69, 9.17) is 4.74 Å². The summed E-state index contributed by atoms with van der Waals surface area (Å²) in [5, 5.41) is 12.1. The van der Waals surface area contributed by atoms with Gasteiger partial charge in [-0.2, -0.15) is 0 Å². The first-order chi connectivity index (χ1) is 12.2. The Morgan fingerprint density at radius 3 is 2.96 bits per heavy atom. The number of nitrogens with one attached hydrogen (secondary N) is 1. The van der Waals surface area contributed by atoms with Gasteiger partial charge in [-0.05, 0) is 31.9 Å². The van der Waals surface area contributed by atoms with Gasteiger partial charge in [0.2, 0.25) is 0 Å². The van der Waals surface area contributed by atoms with Crippen molar-refractivity contribution in [1.82, 2.24) is 20.1 Å². The van der Waals surface area contributed by atoms with Crippen molar-refractivity contribution in [3.05, 3.63) is 42.0 Å². The molecule has 0 spiro atoms. The van der Waals surface area contributed by atoms with Crippen molar-refractivity contribution >= 4 is 11.8 Å². The summed E-state index contributed by atoms with van der Waals surface area (Å²) in [7, 11) is 0. The standard InChI is InChI=1S/C18H23N5O2/c1-13(17-21-20-16-9-5-6-10-22(16)17)19-11-15-12-23(18(24)25-15)14-7-3-2-4-8-14/h2-4,7-8,13,15,19H,5-6,9-12H2,1H3/t13-,15-/m0/s1. The minimum atomic E-state index is -0.287. The summed E-state index contributed by atoms with van der Waals surface area (Å²) >= 11 is 0. The number of carbonyl (C=O) groups is 1. The summed E-state index contributed by atoms with van der Waals surface area (Å²) in [5.74, 6) is 2.05. The van der Waals surface area contributed by atoms with Crippen LogP contribution in [0, 0.1) is 0 Å². The lowest BCUT2D eigenvalue weighted by molar-refractivity contribution is 0.138. The number of ether oxygens (including phenoxy) is 1. The molecule has 1 aromatic carbocycles. The van der Waals surface area contributed by atoms with Gasteiger partial charge in [0, 0.05) is 25.2 Å². The zero-order chi connectivity index (χ0) is 17.2. The van der Waals surface area contributed by atoms with Gasteiger partial charge in [0.1, 0.15) is 17.8 Å². The number of hydrogen-bond donors (Lipinski definition) is 1. The van der Waals surface area contributed by atoms with Gasteiger partial charge in [0.05, 0.1) is 12.6 Å². The Kier molecular flexibility index (Phi) is 4.40. The third-order valence-corrected chi connectivity index (χ3v) is 4.87. The van der Waals surface area contributed by atoms with Crippen molar-refractivity contribution in [1.29, 1.82) is 0 Å². The predicted octanol–water partition coefficient (Wildman–Crippen LogP) is 2.29. The van der Waals surface area contributed by atoms with Crippen LogP contribution in [0.1, 0.15) is 37.5 Å². The number of cyclic esters (lactones) is 1. The number of benzene rings is 1. The molecule has 0 unspecified atom stereocenters. The van der Waals surface area contributed by atoms with E-state index in [0.717, 1.165) is 30.3 Å². The molecule has 132 valence electrons. The van der Waals surface area contributed by atoms with E-state index in [1.54, 1.807) is 4.90 Å². The average Bonchev–Trinajstić information content (AvgIpc) is 3.24. The monoisotopic (exact) mass is 341 g/mol. The third kappa shape index (κ3) is 3.24. The second-order valence-corrected chi connectivity index (χ2v) is 6.67. The van der Waals surface area contributed by atoms with Crippen LogP contribution in [0.5, 0.6) is 0 Å². The Bertz CT molecular complexity index is 745. The molecule has 7 nitrogen and oxygen atoms in total. The second-order valence-electron chi connectivity index (χ2n) is 6.67. The van der Waals surface area contributed by atoms with Gasteiger partial charge < -0.3 is 14.6 Å². The maximum absolute atomic E-state index is 12.1. The fourth-order valence-electron chi connectivity index (χ4n) is 3.50. The number of para-hydroxylation sites is 1. The first-order valence-electron chi connectivity index (χ1n) is 8.91. The van der Waals surface area contributed by atoms with Gasteiger partial charge in [0.25, 0.3) is 0 Å². The van der Waals surface area contributed by atoms with E-state index in [9.17, 15) is 4.79 Å². The highest BCUT2D eigenvalue weighted by Crippen LogP contribution is 2.22. The number of fused-ring (bicyclic) bond motifs is 1. The summed E-state index contributed by atoms with van der Waals surface area (Å²) < 4.78 is 7.71. The van der Waals surface area contributed by atoms with E-state index in [-0.39, 0.29) is 18.2 Å². The van der Waals surface area contributed by atoms with Crippen molar-refractivity contribution in [2.24, 2.45) is 0 Å². The molecule has 1 aromatic heterocycles. The van der Waals surface area contributed by atoms with Crippen LogP contribution in [0.2, 0.25) is 0 Å². The summed E-state index contributed by atoms with van der Waals surface area (Å²) in [4.78, 5) is 13.8. The number of hydrogen-bond acceptors (Lipinski definition) is 5. The molecule has 7 heteroatoms. The second kappa shape index (κ2) is 6.84. The third-order valence-electron chi connectivity index (χ3n) is 4.87. The fourth-order valence-corrected chi connectivity index (χ4v) is 3.50. The lowest BCUT2D eigenvalue weighted by Gasteiger charge is -2.19. The normalized spacial score (nSPS) is 21.1. The summed E-state index contributed by atoms with van der Waals surface area (Å²) in [6.45, 7) is 4.22. The van der Waals surface area contributed by atoms with Crippen LogP contribution in [0.15, 0.2) is 30.3 Å². The maximum Gasteiger partial charge on any atom is 0.414 e. The van der Waals surface area contributed by atoms with Gasteiger partial charge in [-0.1, -0.05) is 18.2 Å². The number of amides is 1. The van der Waals surface area contributed by atoms with Gasteiger partial charge in [0.15, 0.2) is 0 Å². The number of aromatic nitrogens is 3. The molecule has 0 aliphatic carbocycles. The quantitative estimate of drug-likeness (QED) is 0.903. The molecule has 0 saturated carbocycles. The molecule has 25 heavy (non-hydrogen) atoms. The molecule has 0 radical (unpaired) electrons. The van der Waals surface area contributed by atoms with Gasteiger partial charge >= 0.3 is 6.09 Å². The zero-order valence-electron chi connectivity index (χ0n) is 14.4. The average molecular weight is 341 g/mol. The van der Waals surface area contributed by atoms with E-state index < -0.39 is 0 Å². The minimum Gasteiger partial charge on any atom is -0.443 e. The van der Waals surface area contributed by atoms with E-state index in [2.05, 4.69) is 27.0 Å². The topological polar surface area (TPSA) is 72.3 Å². The maximum atomic E-state index is 12.1. The first kappa shape index (κ1) is 16.1. The lowest BCUT2D eigenvalue weighted by atomic mass is 10.1. The molecule has 2 aromatic rings. The highest BCUT2D eigenvalue weighted by Gasteiger charge is 2.32. The van der Waals surface area contributed by atoms with Crippen molar-refractivity contribution in [3.8, 4) is 0 Å². The Hall–Kier alpha value is -2.41. The predicted molar refractivity (Wildman–Crippen MR) is 93.4 cm³/mol. The van der Waals surface area contributed by atoms with Gasteiger partial charge in [-0.25, -0.2) is 4.79 Å². The number of anilines is 1. The van der Waals surface area contributed by atoms with E-state index >= 15 is 0 Å². The van der Waals surface area contributed by atoms with Crippen LogP contribution in [-0.4, -0.2) is 40.1 Å². The van der Waals surface area contributed by atoms with Crippen molar-refractivity contribution in [2.75, 3.05) is 18.0 Å². The first-order valence-corrected chi connectivity index (χ1v) is 8.91. The molecule has 2 atom stereocenters. The Morgan fingerprint density at radius 1 is 1.28 bits per heavy atom. The molecule has 0 bridgehead atoms. The number of carbonyl (C=O) groups excluding carboxylic acids is 1. The van der Waals surface area contributed by atoms with Crippen LogP contribution < -0.4 is 10.2 Å². The van der Waals surface area contributed by atoms with Crippen LogP contribution in [0.3, 0.4) is 0 Å². The van der Waals surface area contributed by atoms with Crippen LogP contribution in [0.4, 0.5) is 10.5 Å². The minimum absolute atomic E-state index is 0.0730. The van der Waals surface area contributed by atoms with Gasteiger partial charge in [-0.15, -0.1) is 10.2 Å². The number of rotatable bonds is 5. The molecular formula is C18H23N5O2. The van der Waals surface area contributed by atoms with Crippen LogP contribution in [-0.2, 0) is 17.7 Å².